The van der Waals surface area contributed by atoms with Gasteiger partial charge in [0.15, 0.2) is 0 Å². The van der Waals surface area contributed by atoms with Crippen LogP contribution in [0, 0.1) is 0 Å². The number of aromatic nitrogens is 1. The Hall–Kier alpha value is -1.33. The van der Waals surface area contributed by atoms with Crippen LogP contribution >= 0.6 is 23.1 Å². The van der Waals surface area contributed by atoms with Gasteiger partial charge in [0.25, 0.3) is 0 Å². The molecule has 1 aliphatic carbocycles. The lowest BCUT2D eigenvalue weighted by Gasteiger charge is -2.09. The largest absolute Gasteiger partial charge is 0.351 e. The predicted octanol–water partition coefficient (Wildman–Crippen LogP) is 4.10. The topological polar surface area (TPSA) is 42.0 Å². The van der Waals surface area contributed by atoms with Gasteiger partial charge in [-0.3, -0.25) is 9.78 Å². The molecule has 1 amide bonds. The van der Waals surface area contributed by atoms with Gasteiger partial charge in [0.2, 0.25) is 5.91 Å². The third-order valence-electron chi connectivity index (χ3n) is 3.89. The minimum atomic E-state index is 0.123. The molecule has 0 radical (unpaired) electrons. The molecule has 0 atom stereocenters. The number of carbonyl (C=O) groups excluding carboxylic acids is 1. The van der Waals surface area contributed by atoms with Crippen LogP contribution in [-0.4, -0.2) is 21.9 Å². The first-order valence-corrected chi connectivity index (χ1v) is 9.65. The maximum atomic E-state index is 11.9. The average Bonchev–Trinajstić information content (AvgIpc) is 3.24. The Morgan fingerprint density at radius 2 is 2.18 bits per heavy atom. The Bertz CT molecular complexity index is 607. The minimum absolute atomic E-state index is 0.123. The van der Waals surface area contributed by atoms with E-state index in [-0.39, 0.29) is 5.91 Å². The second-order valence-corrected chi connectivity index (χ2v) is 7.66. The molecule has 0 aliphatic heterocycles. The van der Waals surface area contributed by atoms with Crippen LogP contribution in [0.1, 0.15) is 31.2 Å². The van der Waals surface area contributed by atoms with Crippen LogP contribution in [0.15, 0.2) is 35.3 Å². The van der Waals surface area contributed by atoms with Gasteiger partial charge in [0.1, 0.15) is 0 Å². The number of carbonyl (C=O) groups is 1. The van der Waals surface area contributed by atoms with Crippen molar-refractivity contribution in [2.45, 2.75) is 37.5 Å². The first-order valence-electron chi connectivity index (χ1n) is 7.66. The summed E-state index contributed by atoms with van der Waals surface area (Å²) in [6, 6.07) is 4.18. The molecule has 0 aromatic carbocycles. The van der Waals surface area contributed by atoms with E-state index in [1.165, 1.54) is 31.2 Å². The van der Waals surface area contributed by atoms with Gasteiger partial charge in [0, 0.05) is 29.8 Å². The van der Waals surface area contributed by atoms with E-state index >= 15 is 0 Å². The Morgan fingerprint density at radius 3 is 2.95 bits per heavy atom. The zero-order chi connectivity index (χ0) is 15.2. The first-order chi connectivity index (χ1) is 10.8. The van der Waals surface area contributed by atoms with Crippen LogP contribution in [0.25, 0.3) is 11.1 Å². The normalized spacial score (nSPS) is 15.1. The van der Waals surface area contributed by atoms with Crippen LogP contribution in [0.4, 0.5) is 0 Å². The molecule has 22 heavy (non-hydrogen) atoms. The van der Waals surface area contributed by atoms with Crippen LogP contribution in [0.2, 0.25) is 0 Å². The molecule has 2 heterocycles. The number of hydrogen-bond acceptors (Lipinski definition) is 4. The number of thiophene rings is 1. The van der Waals surface area contributed by atoms with Crippen molar-refractivity contribution in [1.82, 2.24) is 10.3 Å². The van der Waals surface area contributed by atoms with Crippen molar-refractivity contribution in [3.8, 4) is 11.1 Å². The fraction of sp³-hybridized carbons (Fsp3) is 0.412. The van der Waals surface area contributed by atoms with E-state index in [1.807, 2.05) is 12.4 Å². The highest BCUT2D eigenvalue weighted by Crippen LogP contribution is 2.29. The Labute approximate surface area is 139 Å². The number of thioether (sulfide) groups is 1. The third-order valence-corrected chi connectivity index (χ3v) is 5.95. The van der Waals surface area contributed by atoms with Crippen molar-refractivity contribution in [3.05, 3.63) is 40.8 Å². The molecule has 0 spiro atoms. The molecule has 3 rings (SSSR count). The van der Waals surface area contributed by atoms with Gasteiger partial charge in [-0.05, 0) is 46.9 Å². The summed E-state index contributed by atoms with van der Waals surface area (Å²) in [4.78, 5) is 16.2. The second-order valence-electron chi connectivity index (χ2n) is 5.59. The zero-order valence-electron chi connectivity index (χ0n) is 12.5. The van der Waals surface area contributed by atoms with Crippen molar-refractivity contribution in [2.24, 2.45) is 0 Å². The van der Waals surface area contributed by atoms with E-state index in [9.17, 15) is 4.79 Å². The van der Waals surface area contributed by atoms with E-state index in [2.05, 4.69) is 33.2 Å². The summed E-state index contributed by atoms with van der Waals surface area (Å²) in [6.45, 7) is 0.551. The van der Waals surface area contributed by atoms with Crippen LogP contribution < -0.4 is 5.32 Å². The number of hydrogen-bond donors (Lipinski definition) is 1. The number of nitrogens with one attached hydrogen (secondary N) is 1. The van der Waals surface area contributed by atoms with Gasteiger partial charge >= 0.3 is 0 Å². The van der Waals surface area contributed by atoms with E-state index < -0.39 is 0 Å². The Kier molecular flexibility index (Phi) is 5.51. The molecule has 116 valence electrons. The first kappa shape index (κ1) is 15.6. The second kappa shape index (κ2) is 7.79. The van der Waals surface area contributed by atoms with Crippen molar-refractivity contribution >= 4 is 29.0 Å². The van der Waals surface area contributed by atoms with Crippen molar-refractivity contribution in [3.63, 3.8) is 0 Å². The maximum Gasteiger partial charge on any atom is 0.230 e. The molecular formula is C17H20N2OS2. The minimum Gasteiger partial charge on any atom is -0.351 e. The number of nitrogens with zero attached hydrogens (tertiary/aromatic N) is 1. The third kappa shape index (κ3) is 4.34. The summed E-state index contributed by atoms with van der Waals surface area (Å²) in [6.07, 6.45) is 8.86. The van der Waals surface area contributed by atoms with Gasteiger partial charge in [-0.1, -0.05) is 12.8 Å². The summed E-state index contributed by atoms with van der Waals surface area (Å²) >= 11 is 3.48. The predicted molar refractivity (Wildman–Crippen MR) is 94.1 cm³/mol. The molecule has 2 aromatic heterocycles. The highest BCUT2D eigenvalue weighted by molar-refractivity contribution is 8.00. The zero-order valence-corrected chi connectivity index (χ0v) is 14.1. The van der Waals surface area contributed by atoms with Crippen LogP contribution in [-0.2, 0) is 11.3 Å². The van der Waals surface area contributed by atoms with Crippen molar-refractivity contribution in [1.29, 1.82) is 0 Å². The molecule has 2 aromatic rings. The Morgan fingerprint density at radius 1 is 1.32 bits per heavy atom. The summed E-state index contributed by atoms with van der Waals surface area (Å²) in [5, 5.41) is 7.86. The SMILES string of the molecule is O=C(CSC1CCCC1)NCc1cncc(-c2ccsc2)c1. The summed E-state index contributed by atoms with van der Waals surface area (Å²) in [7, 11) is 0. The van der Waals surface area contributed by atoms with Crippen molar-refractivity contribution < 1.29 is 4.79 Å². The molecule has 3 nitrogen and oxygen atoms in total. The summed E-state index contributed by atoms with van der Waals surface area (Å²) in [5.74, 6) is 0.695. The molecule has 0 bridgehead atoms. The lowest BCUT2D eigenvalue weighted by atomic mass is 10.1. The fourth-order valence-electron chi connectivity index (χ4n) is 2.67. The Balaban J connectivity index is 1.48. The monoisotopic (exact) mass is 332 g/mol. The van der Waals surface area contributed by atoms with Crippen LogP contribution in [0.5, 0.6) is 0 Å². The molecule has 0 saturated heterocycles. The lowest BCUT2D eigenvalue weighted by Crippen LogP contribution is -2.25. The molecule has 5 heteroatoms. The van der Waals surface area contributed by atoms with E-state index in [0.717, 1.165) is 11.1 Å². The van der Waals surface area contributed by atoms with Gasteiger partial charge in [0.05, 0.1) is 5.75 Å². The molecule has 0 unspecified atom stereocenters. The van der Waals surface area contributed by atoms with Crippen molar-refractivity contribution in [2.75, 3.05) is 5.75 Å². The molecule has 1 aliphatic rings. The molecular weight excluding hydrogens is 312 g/mol. The quantitative estimate of drug-likeness (QED) is 0.866. The average molecular weight is 332 g/mol. The van der Waals surface area contributed by atoms with E-state index in [1.54, 1.807) is 23.1 Å². The standard InChI is InChI=1S/C17H20N2OS2/c20-17(12-22-16-3-1-2-4-16)19-9-13-7-15(10-18-8-13)14-5-6-21-11-14/h5-8,10-11,16H,1-4,9,12H2,(H,19,20). The number of rotatable bonds is 6. The summed E-state index contributed by atoms with van der Waals surface area (Å²) in [5.41, 5.74) is 3.33. The highest BCUT2D eigenvalue weighted by atomic mass is 32.2. The fourth-order valence-corrected chi connectivity index (χ4v) is 4.49. The maximum absolute atomic E-state index is 11.9. The van der Waals surface area contributed by atoms with Crippen LogP contribution in [0.3, 0.4) is 0 Å². The van der Waals surface area contributed by atoms with Gasteiger partial charge in [-0.25, -0.2) is 0 Å². The van der Waals surface area contributed by atoms with E-state index in [0.29, 0.717) is 17.5 Å². The number of amides is 1. The molecule has 1 saturated carbocycles. The lowest BCUT2D eigenvalue weighted by molar-refractivity contribution is -0.118. The summed E-state index contributed by atoms with van der Waals surface area (Å²) < 4.78 is 0. The molecule has 1 N–H and O–H groups in total. The molecule has 1 fully saturated rings. The van der Waals surface area contributed by atoms with Gasteiger partial charge in [-0.2, -0.15) is 11.3 Å². The highest BCUT2D eigenvalue weighted by Gasteiger charge is 2.16. The van der Waals surface area contributed by atoms with E-state index in [4.69, 9.17) is 0 Å². The van der Waals surface area contributed by atoms with Gasteiger partial charge in [-0.15, -0.1) is 11.8 Å². The van der Waals surface area contributed by atoms with Gasteiger partial charge < -0.3 is 5.32 Å². The smallest absolute Gasteiger partial charge is 0.230 e. The number of pyridine rings is 1.